The Balaban J connectivity index is 1.73. The van der Waals surface area contributed by atoms with Gasteiger partial charge in [-0.3, -0.25) is 9.78 Å². The molecule has 0 saturated carbocycles. The molecule has 0 spiro atoms. The maximum atomic E-state index is 12.7. The molecule has 29 heavy (non-hydrogen) atoms. The molecule has 0 fully saturated rings. The third kappa shape index (κ3) is 4.93. The minimum atomic E-state index is -0.171. The van der Waals surface area contributed by atoms with Crippen LogP contribution in [-0.4, -0.2) is 24.0 Å². The molecule has 0 radical (unpaired) electrons. The molecule has 1 heterocycles. The second kappa shape index (κ2) is 9.24. The summed E-state index contributed by atoms with van der Waals surface area (Å²) in [4.78, 5) is 19.2. The highest BCUT2D eigenvalue weighted by Gasteiger charge is 2.11. The van der Waals surface area contributed by atoms with Gasteiger partial charge in [-0.15, -0.1) is 0 Å². The van der Waals surface area contributed by atoms with Gasteiger partial charge in [0.25, 0.3) is 5.91 Å². The molecule has 2 N–H and O–H groups in total. The van der Waals surface area contributed by atoms with Crippen LogP contribution >= 0.6 is 0 Å². The fraction of sp³-hybridized carbons (Fsp3) is 0.250. The topological polar surface area (TPSA) is 57.3 Å². The zero-order valence-corrected chi connectivity index (χ0v) is 17.5. The fourth-order valence-electron chi connectivity index (χ4n) is 3.34. The van der Waals surface area contributed by atoms with Crippen LogP contribution < -0.4 is 15.5 Å². The van der Waals surface area contributed by atoms with Crippen LogP contribution in [0.2, 0.25) is 0 Å². The normalized spacial score (nSPS) is 10.5. The molecule has 2 aromatic carbocycles. The quantitative estimate of drug-likeness (QED) is 0.558. The molecule has 150 valence electrons. The molecule has 0 aliphatic heterocycles. The first-order valence-corrected chi connectivity index (χ1v) is 9.96. The third-order valence-corrected chi connectivity index (χ3v) is 5.00. The van der Waals surface area contributed by atoms with Gasteiger partial charge in [0, 0.05) is 36.3 Å². The van der Waals surface area contributed by atoms with Crippen LogP contribution in [-0.2, 0) is 0 Å². The Morgan fingerprint density at radius 1 is 0.931 bits per heavy atom. The van der Waals surface area contributed by atoms with Crippen LogP contribution in [0.5, 0.6) is 0 Å². The number of nitrogens with zero attached hydrogens (tertiary/aromatic N) is 2. The number of carbonyl (C=O) groups excluding carboxylic acids is 1. The smallest absolute Gasteiger partial charge is 0.257 e. The van der Waals surface area contributed by atoms with Crippen molar-refractivity contribution in [2.45, 2.75) is 27.7 Å². The maximum Gasteiger partial charge on any atom is 0.257 e. The largest absolute Gasteiger partial charge is 0.372 e. The number of amides is 1. The standard InChI is InChI=1S/C24H28N4O/c1-5-28(6-2)22-12-10-20(11-13-22)26-21-14-19(15-25-16-21)24(29)27-23-17(3)8-7-9-18(23)4/h7-16,26H,5-6H2,1-4H3,(H,27,29). The lowest BCUT2D eigenvalue weighted by Crippen LogP contribution is -2.21. The number of nitrogens with one attached hydrogen (secondary N) is 2. The Hall–Kier alpha value is -3.34. The highest BCUT2D eigenvalue weighted by atomic mass is 16.1. The Morgan fingerprint density at radius 2 is 1.59 bits per heavy atom. The van der Waals surface area contributed by atoms with Crippen molar-refractivity contribution in [2.24, 2.45) is 0 Å². The summed E-state index contributed by atoms with van der Waals surface area (Å²) in [5, 5.41) is 6.33. The number of hydrogen-bond acceptors (Lipinski definition) is 4. The van der Waals surface area contributed by atoms with Crippen LogP contribution in [0.3, 0.4) is 0 Å². The summed E-state index contributed by atoms with van der Waals surface area (Å²) in [5.74, 6) is -0.171. The molecule has 5 heteroatoms. The van der Waals surface area contributed by atoms with E-state index in [1.165, 1.54) is 5.69 Å². The number of hydrogen-bond donors (Lipinski definition) is 2. The molecule has 1 aromatic heterocycles. The zero-order chi connectivity index (χ0) is 20.8. The number of benzene rings is 2. The van der Waals surface area contributed by atoms with Crippen molar-refractivity contribution in [3.63, 3.8) is 0 Å². The number of aromatic nitrogens is 1. The number of rotatable bonds is 7. The summed E-state index contributed by atoms with van der Waals surface area (Å²) < 4.78 is 0. The number of para-hydroxylation sites is 1. The third-order valence-electron chi connectivity index (χ3n) is 5.00. The molecule has 0 aliphatic carbocycles. The molecule has 0 bridgehead atoms. The van der Waals surface area contributed by atoms with Gasteiger partial charge in [-0.25, -0.2) is 0 Å². The summed E-state index contributed by atoms with van der Waals surface area (Å²) in [6.45, 7) is 10.2. The van der Waals surface area contributed by atoms with E-state index in [0.717, 1.165) is 41.3 Å². The van der Waals surface area contributed by atoms with Crippen molar-refractivity contribution in [2.75, 3.05) is 28.6 Å². The van der Waals surface area contributed by atoms with Gasteiger partial charge in [-0.05, 0) is 69.2 Å². The van der Waals surface area contributed by atoms with Crippen LogP contribution in [0, 0.1) is 13.8 Å². The van der Waals surface area contributed by atoms with Crippen molar-refractivity contribution < 1.29 is 4.79 Å². The van der Waals surface area contributed by atoms with E-state index in [-0.39, 0.29) is 5.91 Å². The Bertz CT molecular complexity index is 958. The van der Waals surface area contributed by atoms with E-state index in [9.17, 15) is 4.79 Å². The molecule has 5 nitrogen and oxygen atoms in total. The molecule has 3 aromatic rings. The number of anilines is 4. The highest BCUT2D eigenvalue weighted by molar-refractivity contribution is 6.05. The van der Waals surface area contributed by atoms with Crippen molar-refractivity contribution in [1.29, 1.82) is 0 Å². The average Bonchev–Trinajstić information content (AvgIpc) is 2.73. The van der Waals surface area contributed by atoms with Gasteiger partial charge in [0.1, 0.15) is 0 Å². The molecule has 0 unspecified atom stereocenters. The van der Waals surface area contributed by atoms with E-state index in [1.807, 2.05) is 50.2 Å². The summed E-state index contributed by atoms with van der Waals surface area (Å²) >= 11 is 0. The van der Waals surface area contributed by atoms with Crippen LogP contribution in [0.4, 0.5) is 22.7 Å². The van der Waals surface area contributed by atoms with E-state index in [1.54, 1.807) is 12.4 Å². The van der Waals surface area contributed by atoms with Crippen LogP contribution in [0.1, 0.15) is 35.3 Å². The van der Waals surface area contributed by atoms with E-state index in [0.29, 0.717) is 5.56 Å². The monoisotopic (exact) mass is 388 g/mol. The Kier molecular flexibility index (Phi) is 6.50. The summed E-state index contributed by atoms with van der Waals surface area (Å²) in [5.41, 5.74) is 6.35. The SMILES string of the molecule is CCN(CC)c1ccc(Nc2cncc(C(=O)Nc3c(C)cccc3C)c2)cc1. The molecule has 0 saturated heterocycles. The lowest BCUT2D eigenvalue weighted by atomic mass is 10.1. The summed E-state index contributed by atoms with van der Waals surface area (Å²) in [7, 11) is 0. The number of aryl methyl sites for hydroxylation is 2. The van der Waals surface area contributed by atoms with Crippen molar-refractivity contribution in [3.8, 4) is 0 Å². The molecular weight excluding hydrogens is 360 g/mol. The van der Waals surface area contributed by atoms with E-state index < -0.39 is 0 Å². The molecule has 1 amide bonds. The summed E-state index contributed by atoms with van der Waals surface area (Å²) in [6.07, 6.45) is 3.30. The minimum absolute atomic E-state index is 0.171. The van der Waals surface area contributed by atoms with Crippen molar-refractivity contribution in [3.05, 3.63) is 77.6 Å². The first kappa shape index (κ1) is 20.4. The molecular formula is C24H28N4O. The Labute approximate surface area is 172 Å². The number of carbonyl (C=O) groups is 1. The summed E-state index contributed by atoms with van der Waals surface area (Å²) in [6, 6.07) is 16.0. The lowest BCUT2D eigenvalue weighted by Gasteiger charge is -2.21. The molecule has 3 rings (SSSR count). The highest BCUT2D eigenvalue weighted by Crippen LogP contribution is 2.23. The average molecular weight is 389 g/mol. The van der Waals surface area contributed by atoms with E-state index in [4.69, 9.17) is 0 Å². The van der Waals surface area contributed by atoms with Crippen molar-refractivity contribution in [1.82, 2.24) is 4.98 Å². The molecule has 0 atom stereocenters. The van der Waals surface area contributed by atoms with Gasteiger partial charge in [0.15, 0.2) is 0 Å². The second-order valence-electron chi connectivity index (χ2n) is 7.03. The maximum absolute atomic E-state index is 12.7. The first-order valence-electron chi connectivity index (χ1n) is 9.96. The van der Waals surface area contributed by atoms with Crippen LogP contribution in [0.15, 0.2) is 60.9 Å². The van der Waals surface area contributed by atoms with E-state index >= 15 is 0 Å². The van der Waals surface area contributed by atoms with Gasteiger partial charge in [-0.1, -0.05) is 18.2 Å². The number of pyridine rings is 1. The second-order valence-corrected chi connectivity index (χ2v) is 7.03. The van der Waals surface area contributed by atoms with Gasteiger partial charge >= 0.3 is 0 Å². The van der Waals surface area contributed by atoms with E-state index in [2.05, 4.69) is 46.5 Å². The van der Waals surface area contributed by atoms with Gasteiger partial charge in [0.05, 0.1) is 17.4 Å². The minimum Gasteiger partial charge on any atom is -0.372 e. The van der Waals surface area contributed by atoms with Gasteiger partial charge in [-0.2, -0.15) is 0 Å². The molecule has 0 aliphatic rings. The van der Waals surface area contributed by atoms with Gasteiger partial charge in [0.2, 0.25) is 0 Å². The zero-order valence-electron chi connectivity index (χ0n) is 17.5. The van der Waals surface area contributed by atoms with Crippen LogP contribution in [0.25, 0.3) is 0 Å². The lowest BCUT2D eigenvalue weighted by molar-refractivity contribution is 0.102. The predicted octanol–water partition coefficient (Wildman–Crippen LogP) is 5.54. The predicted molar refractivity (Wildman–Crippen MR) is 121 cm³/mol. The Morgan fingerprint density at radius 3 is 2.21 bits per heavy atom. The van der Waals surface area contributed by atoms with Gasteiger partial charge < -0.3 is 15.5 Å². The first-order chi connectivity index (χ1) is 14.0. The fourth-order valence-corrected chi connectivity index (χ4v) is 3.34. The van der Waals surface area contributed by atoms with Crippen molar-refractivity contribution >= 4 is 28.7 Å².